The largest absolute Gasteiger partial charge is 0.147 e. The van der Waals surface area contributed by atoms with Crippen molar-refractivity contribution >= 4 is 37.2 Å². The number of unbranched alkanes of at least 4 members (excludes halogenated alkanes) is 1. The third-order valence-electron chi connectivity index (χ3n) is 1.80. The first-order valence-corrected chi connectivity index (χ1v) is 4.62. The smallest absolute Gasteiger partial charge is 0.147 e. The van der Waals surface area contributed by atoms with Crippen LogP contribution in [0.25, 0.3) is 0 Å². The fraction of sp³-hybridized carbons (Fsp3) is 0.556. The number of allylic oxidation sites excluding steroid dienone is 4. The average Bonchev–Trinajstić information content (AvgIpc) is 2.31. The van der Waals surface area contributed by atoms with E-state index in [1.807, 2.05) is 0 Å². The van der Waals surface area contributed by atoms with E-state index in [1.54, 1.807) is 5.57 Å². The molecule has 0 aromatic heterocycles. The van der Waals surface area contributed by atoms with Crippen molar-refractivity contribution < 1.29 is 17.4 Å². The Morgan fingerprint density at radius 2 is 1.92 bits per heavy atom. The van der Waals surface area contributed by atoms with Crippen molar-refractivity contribution in [3.63, 3.8) is 0 Å². The zero-order valence-electron chi connectivity index (χ0n) is 7.66. The van der Waals surface area contributed by atoms with Gasteiger partial charge in [0, 0.05) is 0 Å². The van der Waals surface area contributed by atoms with Crippen molar-refractivity contribution in [3.8, 4) is 0 Å². The first-order valence-electron chi connectivity index (χ1n) is 3.92. The molecular weight excluding hydrogens is 265 g/mol. The molecule has 0 aromatic rings. The Morgan fingerprint density at radius 1 is 1.31 bits per heavy atom. The monoisotopic (exact) mass is 280 g/mol. The van der Waals surface area contributed by atoms with Crippen LogP contribution in [-0.4, -0.2) is 0 Å². The predicted octanol–water partition coefficient (Wildman–Crippen LogP) is 4.20. The summed E-state index contributed by atoms with van der Waals surface area (Å²) in [4.78, 5) is 0. The maximum Gasteiger partial charge on any atom is -0.147 e. The van der Waals surface area contributed by atoms with Crippen LogP contribution in [0.4, 0.5) is 0 Å². The Bertz CT molecular complexity index is 176. The molecule has 0 nitrogen and oxygen atoms in total. The van der Waals surface area contributed by atoms with E-state index in [2.05, 4.69) is 36.5 Å². The Balaban J connectivity index is -0.000000333. The Labute approximate surface area is 109 Å². The molecule has 0 bridgehead atoms. The van der Waals surface area contributed by atoms with Crippen molar-refractivity contribution in [2.75, 3.05) is 0 Å². The number of halogens is 3. The molecule has 0 radical (unpaired) electrons. The van der Waals surface area contributed by atoms with Crippen LogP contribution in [0.5, 0.6) is 0 Å². The molecule has 0 fully saturated rings. The maximum atomic E-state index is 2.68. The SMILES string of the molecule is CCCCC1=[C]([V])CC=C1.Cl.Cl.Cl. The van der Waals surface area contributed by atoms with E-state index < -0.39 is 0 Å². The van der Waals surface area contributed by atoms with Gasteiger partial charge in [-0.1, -0.05) is 0 Å². The fourth-order valence-electron chi connectivity index (χ4n) is 1.13. The molecule has 0 atom stereocenters. The summed E-state index contributed by atoms with van der Waals surface area (Å²) in [6.45, 7) is 2.24. The molecule has 1 aliphatic rings. The van der Waals surface area contributed by atoms with Crippen molar-refractivity contribution in [2.24, 2.45) is 0 Å². The molecule has 0 aromatic carbocycles. The number of hydrogen-bond donors (Lipinski definition) is 0. The average molecular weight is 282 g/mol. The summed E-state index contributed by atoms with van der Waals surface area (Å²) < 4.78 is 1.51. The second-order valence-corrected chi connectivity index (χ2v) is 3.52. The van der Waals surface area contributed by atoms with E-state index in [4.69, 9.17) is 0 Å². The third kappa shape index (κ3) is 6.93. The molecule has 0 spiro atoms. The van der Waals surface area contributed by atoms with Gasteiger partial charge in [-0.3, -0.25) is 0 Å². The summed E-state index contributed by atoms with van der Waals surface area (Å²) in [5.41, 5.74) is 1.56. The van der Waals surface area contributed by atoms with E-state index in [1.165, 1.54) is 30.0 Å². The van der Waals surface area contributed by atoms with Gasteiger partial charge in [-0.25, -0.2) is 0 Å². The Morgan fingerprint density at radius 3 is 2.31 bits per heavy atom. The maximum absolute atomic E-state index is 2.68. The predicted molar refractivity (Wildman–Crippen MR) is 62.1 cm³/mol. The summed E-state index contributed by atoms with van der Waals surface area (Å²) in [7, 11) is 0. The van der Waals surface area contributed by atoms with Gasteiger partial charge in [0.1, 0.15) is 0 Å². The standard InChI is InChI=1S/C9H13.3ClH.V/c1-2-3-6-9-7-4-5-8-9;;;;/h4,7H,2-3,5-6H2,1H3;3*1H;. The fourth-order valence-corrected chi connectivity index (χ4v) is 1.59. The van der Waals surface area contributed by atoms with E-state index in [-0.39, 0.29) is 37.2 Å². The van der Waals surface area contributed by atoms with Crippen LogP contribution in [0, 0.1) is 0 Å². The second kappa shape index (κ2) is 11.0. The zero-order chi connectivity index (χ0) is 7.40. The van der Waals surface area contributed by atoms with E-state index >= 15 is 0 Å². The van der Waals surface area contributed by atoms with Crippen molar-refractivity contribution in [3.05, 3.63) is 22.0 Å². The van der Waals surface area contributed by atoms with Gasteiger partial charge in [0.2, 0.25) is 0 Å². The Kier molecular flexibility index (Phi) is 16.5. The minimum Gasteiger partial charge on any atom is -0.147 e. The van der Waals surface area contributed by atoms with Crippen molar-refractivity contribution in [1.29, 1.82) is 0 Å². The van der Waals surface area contributed by atoms with Crippen LogP contribution in [0.2, 0.25) is 0 Å². The number of rotatable bonds is 3. The third-order valence-corrected chi connectivity index (χ3v) is 2.53. The normalized spacial score (nSPS) is 13.0. The van der Waals surface area contributed by atoms with Gasteiger partial charge in [0.15, 0.2) is 0 Å². The summed E-state index contributed by atoms with van der Waals surface area (Å²) in [5.74, 6) is 0. The first kappa shape index (κ1) is 19.5. The van der Waals surface area contributed by atoms with Crippen LogP contribution in [0.3, 0.4) is 0 Å². The van der Waals surface area contributed by atoms with Crippen molar-refractivity contribution in [1.82, 2.24) is 0 Å². The van der Waals surface area contributed by atoms with Crippen molar-refractivity contribution in [2.45, 2.75) is 32.6 Å². The molecular formula is C9H16Cl3V. The van der Waals surface area contributed by atoms with Crippen LogP contribution in [0.15, 0.2) is 22.0 Å². The summed E-state index contributed by atoms with van der Waals surface area (Å²) >= 11 is 2.68. The van der Waals surface area contributed by atoms with Gasteiger partial charge in [-0.05, 0) is 0 Å². The molecule has 1 aliphatic carbocycles. The van der Waals surface area contributed by atoms with Crippen LogP contribution in [-0.2, 0) is 17.4 Å². The first-order chi connectivity index (χ1) is 4.84. The van der Waals surface area contributed by atoms with Crippen LogP contribution >= 0.6 is 37.2 Å². The molecule has 0 heterocycles. The van der Waals surface area contributed by atoms with Crippen LogP contribution in [0.1, 0.15) is 32.6 Å². The molecule has 13 heavy (non-hydrogen) atoms. The summed E-state index contributed by atoms with van der Waals surface area (Å²) in [5, 5.41) is 0. The van der Waals surface area contributed by atoms with Gasteiger partial charge in [0.25, 0.3) is 0 Å². The quantitative estimate of drug-likeness (QED) is 0.727. The van der Waals surface area contributed by atoms with Gasteiger partial charge >= 0.3 is 72.0 Å². The molecule has 1 rings (SSSR count). The van der Waals surface area contributed by atoms with E-state index in [0.29, 0.717) is 0 Å². The second-order valence-electron chi connectivity index (χ2n) is 2.68. The minimum atomic E-state index is 0. The number of hydrogen-bond acceptors (Lipinski definition) is 0. The molecule has 0 N–H and O–H groups in total. The zero-order valence-corrected chi connectivity index (χ0v) is 11.5. The molecule has 4 heteroatoms. The molecule has 0 amide bonds. The Hall–Kier alpha value is 0.934. The summed E-state index contributed by atoms with van der Waals surface area (Å²) in [6, 6.07) is 0. The van der Waals surface area contributed by atoms with E-state index in [9.17, 15) is 0 Å². The van der Waals surface area contributed by atoms with Crippen LogP contribution < -0.4 is 0 Å². The topological polar surface area (TPSA) is 0 Å². The molecule has 0 aliphatic heterocycles. The minimum absolute atomic E-state index is 0. The van der Waals surface area contributed by atoms with Gasteiger partial charge in [0.05, 0.1) is 0 Å². The van der Waals surface area contributed by atoms with Gasteiger partial charge in [-0.2, -0.15) is 0 Å². The molecule has 78 valence electrons. The molecule has 0 unspecified atom stereocenters. The van der Waals surface area contributed by atoms with Gasteiger partial charge in [-0.15, -0.1) is 37.2 Å². The van der Waals surface area contributed by atoms with Gasteiger partial charge < -0.3 is 0 Å². The molecule has 0 saturated heterocycles. The molecule has 0 saturated carbocycles. The van der Waals surface area contributed by atoms with E-state index in [0.717, 1.165) is 0 Å². The summed E-state index contributed by atoms with van der Waals surface area (Å²) in [6.07, 6.45) is 9.59.